The summed E-state index contributed by atoms with van der Waals surface area (Å²) in [6, 6.07) is 4.41. The van der Waals surface area contributed by atoms with Crippen molar-refractivity contribution in [1.82, 2.24) is 4.57 Å². The summed E-state index contributed by atoms with van der Waals surface area (Å²) < 4.78 is 32.2. The molecule has 0 saturated heterocycles. The first kappa shape index (κ1) is 17.3. The van der Waals surface area contributed by atoms with E-state index in [9.17, 15) is 28.5 Å². The summed E-state index contributed by atoms with van der Waals surface area (Å²) in [5.41, 5.74) is -1.95. The molecule has 0 unspecified atom stereocenters. The van der Waals surface area contributed by atoms with Crippen LogP contribution >= 0.6 is 0 Å². The van der Waals surface area contributed by atoms with Crippen molar-refractivity contribution < 1.29 is 23.2 Å². The van der Waals surface area contributed by atoms with Gasteiger partial charge in [-0.15, -0.1) is 0 Å². The van der Waals surface area contributed by atoms with Crippen molar-refractivity contribution in [2.75, 3.05) is 7.11 Å². The van der Waals surface area contributed by atoms with E-state index in [1.54, 1.807) is 0 Å². The highest BCUT2D eigenvalue weighted by molar-refractivity contribution is 5.89. The molecule has 0 bridgehead atoms. The predicted molar refractivity (Wildman–Crippen MR) is 78.8 cm³/mol. The molecule has 2 rings (SSSR count). The van der Waals surface area contributed by atoms with Crippen LogP contribution in [0.15, 0.2) is 35.3 Å². The molecule has 0 radical (unpaired) electrons. The number of aromatic nitrogens is 1. The second kappa shape index (κ2) is 6.99. The predicted octanol–water partition coefficient (Wildman–Crippen LogP) is 2.06. The molecular weight excluding hydrogens is 326 g/mol. The van der Waals surface area contributed by atoms with Crippen molar-refractivity contribution in [2.24, 2.45) is 0 Å². The topological polar surface area (TPSA) is 91.4 Å². The van der Waals surface area contributed by atoms with E-state index in [0.717, 1.165) is 30.0 Å². The number of carbonyl (C=O) groups excluding carboxylic acids is 1. The smallest absolute Gasteiger partial charge is 0.339 e. The van der Waals surface area contributed by atoms with Gasteiger partial charge >= 0.3 is 17.2 Å². The van der Waals surface area contributed by atoms with E-state index in [4.69, 9.17) is 0 Å². The Balaban J connectivity index is 2.40. The van der Waals surface area contributed by atoms with E-state index >= 15 is 0 Å². The normalized spacial score (nSPS) is 10.5. The molecule has 24 heavy (non-hydrogen) atoms. The number of pyridine rings is 1. The molecule has 0 N–H and O–H groups in total. The minimum absolute atomic E-state index is 0.00743. The summed E-state index contributed by atoms with van der Waals surface area (Å²) in [4.78, 5) is 33.6. The van der Waals surface area contributed by atoms with Gasteiger partial charge in [0.15, 0.2) is 11.6 Å². The van der Waals surface area contributed by atoms with Crippen LogP contribution in [0.2, 0.25) is 0 Å². The summed E-state index contributed by atoms with van der Waals surface area (Å²) in [7, 11) is 1.09. The van der Waals surface area contributed by atoms with Crippen LogP contribution < -0.4 is 5.56 Å². The number of nitrogens with zero attached hydrogens (tertiary/aromatic N) is 2. The van der Waals surface area contributed by atoms with Crippen molar-refractivity contribution in [3.05, 3.63) is 73.7 Å². The van der Waals surface area contributed by atoms with E-state index in [-0.39, 0.29) is 24.1 Å². The van der Waals surface area contributed by atoms with Crippen molar-refractivity contribution in [3.8, 4) is 0 Å². The molecule has 0 amide bonds. The number of methoxy groups -OCH3 is 1. The molecular formula is C15H12F2N2O5. The van der Waals surface area contributed by atoms with Crippen LogP contribution in [0.3, 0.4) is 0 Å². The molecule has 0 atom stereocenters. The molecule has 1 aromatic carbocycles. The van der Waals surface area contributed by atoms with Gasteiger partial charge in [0.25, 0.3) is 0 Å². The minimum Gasteiger partial charge on any atom is -0.465 e. The zero-order valence-electron chi connectivity index (χ0n) is 12.5. The van der Waals surface area contributed by atoms with E-state index in [2.05, 4.69) is 4.74 Å². The van der Waals surface area contributed by atoms with Crippen LogP contribution in [0.25, 0.3) is 0 Å². The molecule has 0 fully saturated rings. The zero-order chi connectivity index (χ0) is 17.9. The Labute approximate surface area is 134 Å². The maximum absolute atomic E-state index is 13.6. The van der Waals surface area contributed by atoms with E-state index in [0.29, 0.717) is 0 Å². The van der Waals surface area contributed by atoms with Crippen molar-refractivity contribution in [2.45, 2.75) is 13.0 Å². The first-order valence-electron chi connectivity index (χ1n) is 6.75. The molecule has 0 aliphatic carbocycles. The average Bonchev–Trinajstić information content (AvgIpc) is 2.56. The minimum atomic E-state index is -1.05. The number of hydrogen-bond acceptors (Lipinski definition) is 5. The van der Waals surface area contributed by atoms with Gasteiger partial charge in [-0.05, 0) is 18.1 Å². The molecule has 2 aromatic rings. The SMILES string of the molecule is COC(=O)c1cc([N+](=O)[O-])c(=O)n(CCc2cccc(F)c2F)c1. The summed E-state index contributed by atoms with van der Waals surface area (Å²) in [6.45, 7) is -0.176. The van der Waals surface area contributed by atoms with Crippen LogP contribution in [0.5, 0.6) is 0 Å². The average molecular weight is 338 g/mol. The van der Waals surface area contributed by atoms with Gasteiger partial charge in [-0.2, -0.15) is 0 Å². The molecule has 0 spiro atoms. The summed E-state index contributed by atoms with van der Waals surface area (Å²) in [5.74, 6) is -2.94. The number of ether oxygens (including phenoxy) is 1. The maximum Gasteiger partial charge on any atom is 0.339 e. The summed E-state index contributed by atoms with van der Waals surface area (Å²) in [5, 5.41) is 10.9. The zero-order valence-corrected chi connectivity index (χ0v) is 12.5. The van der Waals surface area contributed by atoms with Gasteiger partial charge < -0.3 is 9.30 Å². The van der Waals surface area contributed by atoms with Crippen LogP contribution in [-0.2, 0) is 17.7 Å². The molecule has 1 heterocycles. The van der Waals surface area contributed by atoms with Crippen molar-refractivity contribution in [3.63, 3.8) is 0 Å². The summed E-state index contributed by atoms with van der Waals surface area (Å²) in [6.07, 6.45) is 0.990. The highest BCUT2D eigenvalue weighted by Crippen LogP contribution is 2.14. The third kappa shape index (κ3) is 3.45. The van der Waals surface area contributed by atoms with Crippen LogP contribution in [0.4, 0.5) is 14.5 Å². The fourth-order valence-electron chi connectivity index (χ4n) is 2.13. The van der Waals surface area contributed by atoms with Crippen molar-refractivity contribution in [1.29, 1.82) is 0 Å². The number of benzene rings is 1. The Morgan fingerprint density at radius 1 is 1.38 bits per heavy atom. The number of hydrogen-bond donors (Lipinski definition) is 0. The van der Waals surface area contributed by atoms with Crippen LogP contribution in [-0.4, -0.2) is 22.6 Å². The molecule has 126 valence electrons. The quantitative estimate of drug-likeness (QED) is 0.473. The lowest BCUT2D eigenvalue weighted by atomic mass is 10.1. The maximum atomic E-state index is 13.6. The Morgan fingerprint density at radius 3 is 2.71 bits per heavy atom. The monoisotopic (exact) mass is 338 g/mol. The van der Waals surface area contributed by atoms with Gasteiger partial charge in [0.05, 0.1) is 17.6 Å². The number of esters is 1. The lowest BCUT2D eigenvalue weighted by Gasteiger charge is -2.09. The third-order valence-electron chi connectivity index (χ3n) is 3.34. The number of halogens is 2. The number of nitro groups is 1. The second-order valence-electron chi connectivity index (χ2n) is 4.82. The van der Waals surface area contributed by atoms with Gasteiger partial charge in [-0.3, -0.25) is 14.9 Å². The van der Waals surface area contributed by atoms with Gasteiger partial charge in [-0.25, -0.2) is 13.6 Å². The van der Waals surface area contributed by atoms with E-state index in [1.807, 2.05) is 0 Å². The van der Waals surface area contributed by atoms with Gasteiger partial charge in [-0.1, -0.05) is 12.1 Å². The van der Waals surface area contributed by atoms with Crippen molar-refractivity contribution >= 4 is 11.7 Å². The number of rotatable bonds is 5. The van der Waals surface area contributed by atoms with Crippen LogP contribution in [0, 0.1) is 21.7 Å². The van der Waals surface area contributed by atoms with Gasteiger partial charge in [0.1, 0.15) is 0 Å². The number of aryl methyl sites for hydroxylation is 2. The first-order valence-corrected chi connectivity index (χ1v) is 6.75. The Bertz CT molecular complexity index is 863. The summed E-state index contributed by atoms with van der Waals surface area (Å²) >= 11 is 0. The largest absolute Gasteiger partial charge is 0.465 e. The molecule has 0 aliphatic rings. The fraction of sp³-hybridized carbons (Fsp3) is 0.200. The first-order chi connectivity index (χ1) is 11.3. The molecule has 1 aromatic heterocycles. The Kier molecular flexibility index (Phi) is 5.02. The van der Waals surface area contributed by atoms with Gasteiger partial charge in [0.2, 0.25) is 0 Å². The third-order valence-corrected chi connectivity index (χ3v) is 3.34. The number of carbonyl (C=O) groups is 1. The lowest BCUT2D eigenvalue weighted by Crippen LogP contribution is -2.25. The Hall–Kier alpha value is -3.10. The fourth-order valence-corrected chi connectivity index (χ4v) is 2.13. The standard InChI is InChI=1S/C15H12F2N2O5/c1-24-15(21)10-7-12(19(22)23)14(20)18(8-10)6-5-9-3-2-4-11(16)13(9)17/h2-4,7-8H,5-6H2,1H3. The molecule has 9 heteroatoms. The highest BCUT2D eigenvalue weighted by atomic mass is 19.2. The molecule has 0 saturated carbocycles. The second-order valence-corrected chi connectivity index (χ2v) is 4.82. The highest BCUT2D eigenvalue weighted by Gasteiger charge is 2.20. The molecule has 7 nitrogen and oxygen atoms in total. The lowest BCUT2D eigenvalue weighted by molar-refractivity contribution is -0.386. The van der Waals surface area contributed by atoms with E-state index < -0.39 is 33.8 Å². The van der Waals surface area contributed by atoms with E-state index in [1.165, 1.54) is 12.1 Å². The van der Waals surface area contributed by atoms with Crippen LogP contribution in [0.1, 0.15) is 15.9 Å². The Morgan fingerprint density at radius 2 is 2.08 bits per heavy atom. The molecule has 0 aliphatic heterocycles. The van der Waals surface area contributed by atoms with Gasteiger partial charge in [0, 0.05) is 18.8 Å².